The lowest BCUT2D eigenvalue weighted by atomic mass is 10.1. The van der Waals surface area contributed by atoms with Crippen molar-refractivity contribution in [3.8, 4) is 22.8 Å². The molecule has 150 valence electrons. The molecule has 1 aliphatic rings. The summed E-state index contributed by atoms with van der Waals surface area (Å²) in [4.78, 5) is 29.5. The van der Waals surface area contributed by atoms with E-state index in [-0.39, 0.29) is 30.6 Å². The summed E-state index contributed by atoms with van der Waals surface area (Å²) in [6.07, 6.45) is 1.31. The maximum Gasteiger partial charge on any atom is 0.273 e. The molecule has 10 heteroatoms. The summed E-state index contributed by atoms with van der Waals surface area (Å²) >= 11 is 0.997. The van der Waals surface area contributed by atoms with E-state index in [1.54, 1.807) is 30.3 Å². The molecule has 0 bridgehead atoms. The van der Waals surface area contributed by atoms with Crippen LogP contribution in [0.5, 0.6) is 11.5 Å². The molecule has 0 saturated carbocycles. The number of rotatable bonds is 4. The molecule has 2 aromatic carbocycles. The molecule has 1 aliphatic heterocycles. The first-order chi connectivity index (χ1) is 14.6. The zero-order chi connectivity index (χ0) is 20.7. The summed E-state index contributed by atoms with van der Waals surface area (Å²) in [6, 6.07) is 10.8. The zero-order valence-corrected chi connectivity index (χ0v) is 16.1. The van der Waals surface area contributed by atoms with Gasteiger partial charge in [-0.1, -0.05) is 0 Å². The largest absolute Gasteiger partial charge is 0.454 e. The van der Waals surface area contributed by atoms with Crippen LogP contribution in [-0.4, -0.2) is 26.6 Å². The molecule has 4 aromatic rings. The van der Waals surface area contributed by atoms with Gasteiger partial charge in [0, 0.05) is 17.3 Å². The highest BCUT2D eigenvalue weighted by molar-refractivity contribution is 7.13. The smallest absolute Gasteiger partial charge is 0.273 e. The number of nitrogens with zero attached hydrogens (tertiary/aromatic N) is 3. The molecule has 0 spiro atoms. The molecule has 1 N–H and O–H groups in total. The molecule has 0 fully saturated rings. The molecule has 0 radical (unpaired) electrons. The number of aromatic nitrogens is 3. The normalized spacial score (nSPS) is 12.3. The molecule has 30 heavy (non-hydrogen) atoms. The van der Waals surface area contributed by atoms with E-state index in [4.69, 9.17) is 9.47 Å². The summed E-state index contributed by atoms with van der Waals surface area (Å²) < 4.78 is 29.5. The summed E-state index contributed by atoms with van der Waals surface area (Å²) in [6.45, 7) is -0.0669. The summed E-state index contributed by atoms with van der Waals surface area (Å²) in [7, 11) is 0. The van der Waals surface area contributed by atoms with E-state index in [9.17, 15) is 14.0 Å². The minimum absolute atomic E-state index is 0.141. The molecule has 0 atom stereocenters. The SMILES string of the molecule is O=C(Cn1cnc2c(-c3ccc(F)cc3)nsc2c1=O)Nc1ccc2c(c1)OCO2. The van der Waals surface area contributed by atoms with E-state index in [1.807, 2.05) is 0 Å². The van der Waals surface area contributed by atoms with E-state index in [0.29, 0.717) is 38.7 Å². The van der Waals surface area contributed by atoms with Crippen LogP contribution in [0.2, 0.25) is 0 Å². The number of amides is 1. The van der Waals surface area contributed by atoms with Gasteiger partial charge in [-0.15, -0.1) is 0 Å². The Morgan fingerprint density at radius 2 is 1.97 bits per heavy atom. The van der Waals surface area contributed by atoms with Gasteiger partial charge in [0.15, 0.2) is 11.5 Å². The Morgan fingerprint density at radius 1 is 1.17 bits per heavy atom. The van der Waals surface area contributed by atoms with Crippen LogP contribution in [0.3, 0.4) is 0 Å². The number of hydrogen-bond acceptors (Lipinski definition) is 7. The first-order valence-corrected chi connectivity index (χ1v) is 9.66. The number of fused-ring (bicyclic) bond motifs is 2. The maximum absolute atomic E-state index is 13.2. The second-order valence-electron chi connectivity index (χ2n) is 6.51. The first kappa shape index (κ1) is 18.3. The Balaban J connectivity index is 1.38. The maximum atomic E-state index is 13.2. The molecular weight excluding hydrogens is 411 g/mol. The summed E-state index contributed by atoms with van der Waals surface area (Å²) in [5, 5.41) is 2.72. The highest BCUT2D eigenvalue weighted by Gasteiger charge is 2.17. The molecule has 2 aromatic heterocycles. The van der Waals surface area contributed by atoms with Crippen molar-refractivity contribution >= 4 is 33.3 Å². The predicted molar refractivity (Wildman–Crippen MR) is 108 cm³/mol. The monoisotopic (exact) mass is 424 g/mol. The molecule has 0 aliphatic carbocycles. The second kappa shape index (κ2) is 7.23. The van der Waals surface area contributed by atoms with Crippen LogP contribution < -0.4 is 20.3 Å². The van der Waals surface area contributed by atoms with Crippen molar-refractivity contribution in [1.29, 1.82) is 0 Å². The van der Waals surface area contributed by atoms with Gasteiger partial charge in [0.05, 0.1) is 6.33 Å². The Morgan fingerprint density at radius 3 is 2.80 bits per heavy atom. The van der Waals surface area contributed by atoms with Crippen molar-refractivity contribution in [3.63, 3.8) is 0 Å². The number of anilines is 1. The first-order valence-electron chi connectivity index (χ1n) is 8.89. The topological polar surface area (TPSA) is 95.3 Å². The minimum Gasteiger partial charge on any atom is -0.454 e. The summed E-state index contributed by atoms with van der Waals surface area (Å²) in [5.74, 6) is 0.412. The predicted octanol–water partition coefficient (Wildman–Crippen LogP) is 3.03. The lowest BCUT2D eigenvalue weighted by molar-refractivity contribution is -0.116. The minimum atomic E-state index is -0.389. The number of carbonyl (C=O) groups excluding carboxylic acids is 1. The number of ether oxygens (including phenoxy) is 2. The van der Waals surface area contributed by atoms with Crippen LogP contribution in [0.1, 0.15) is 0 Å². The lowest BCUT2D eigenvalue weighted by Crippen LogP contribution is -2.27. The van der Waals surface area contributed by atoms with E-state index in [1.165, 1.54) is 23.0 Å². The summed E-state index contributed by atoms with van der Waals surface area (Å²) in [5.41, 5.74) is 1.75. The number of halogens is 1. The van der Waals surface area contributed by atoms with Crippen molar-refractivity contribution in [2.24, 2.45) is 0 Å². The molecule has 1 amide bonds. The third kappa shape index (κ3) is 3.26. The fourth-order valence-corrected chi connectivity index (χ4v) is 3.90. The zero-order valence-electron chi connectivity index (χ0n) is 15.3. The fraction of sp³-hybridized carbons (Fsp3) is 0.100. The molecular formula is C20H13FN4O4S. The van der Waals surface area contributed by atoms with Crippen LogP contribution in [0.4, 0.5) is 10.1 Å². The van der Waals surface area contributed by atoms with Crippen LogP contribution in [0.15, 0.2) is 53.6 Å². The highest BCUT2D eigenvalue weighted by Crippen LogP contribution is 2.34. The Bertz CT molecular complexity index is 1330. The molecule has 3 heterocycles. The van der Waals surface area contributed by atoms with Crippen molar-refractivity contribution in [1.82, 2.24) is 13.9 Å². The van der Waals surface area contributed by atoms with E-state index in [0.717, 1.165) is 11.5 Å². The van der Waals surface area contributed by atoms with Gasteiger partial charge in [0.2, 0.25) is 12.7 Å². The average Bonchev–Trinajstić information content (AvgIpc) is 3.37. The van der Waals surface area contributed by atoms with Crippen LogP contribution in [0, 0.1) is 5.82 Å². The van der Waals surface area contributed by atoms with Crippen LogP contribution in [-0.2, 0) is 11.3 Å². The third-order valence-electron chi connectivity index (χ3n) is 4.54. The molecule has 5 rings (SSSR count). The number of hydrogen-bond donors (Lipinski definition) is 1. The quantitative estimate of drug-likeness (QED) is 0.541. The van der Waals surface area contributed by atoms with Crippen molar-refractivity contribution in [3.05, 3.63) is 65.0 Å². The Labute approximate surface area is 172 Å². The number of benzene rings is 2. The van der Waals surface area contributed by atoms with Gasteiger partial charge in [-0.05, 0) is 47.9 Å². The van der Waals surface area contributed by atoms with Crippen molar-refractivity contribution in [2.45, 2.75) is 6.54 Å². The second-order valence-corrected chi connectivity index (χ2v) is 7.28. The lowest BCUT2D eigenvalue weighted by Gasteiger charge is -2.08. The van der Waals surface area contributed by atoms with Gasteiger partial charge in [-0.2, -0.15) is 4.37 Å². The van der Waals surface area contributed by atoms with E-state index in [2.05, 4.69) is 14.7 Å². The van der Waals surface area contributed by atoms with Gasteiger partial charge < -0.3 is 14.8 Å². The standard InChI is InChI=1S/C20H13FN4O4S/c21-12-3-1-11(2-4-12)17-18-19(30-24-17)20(27)25(9-22-18)8-16(26)23-13-5-6-14-15(7-13)29-10-28-14/h1-7,9H,8,10H2,(H,23,26). The number of carbonyl (C=O) groups is 1. The van der Waals surface area contributed by atoms with Crippen LogP contribution >= 0.6 is 11.5 Å². The van der Waals surface area contributed by atoms with Gasteiger partial charge in [-0.3, -0.25) is 14.2 Å². The van der Waals surface area contributed by atoms with Gasteiger partial charge in [-0.25, -0.2) is 9.37 Å². The third-order valence-corrected chi connectivity index (χ3v) is 5.36. The van der Waals surface area contributed by atoms with Gasteiger partial charge in [0.1, 0.15) is 28.3 Å². The van der Waals surface area contributed by atoms with Crippen molar-refractivity contribution < 1.29 is 18.7 Å². The van der Waals surface area contributed by atoms with E-state index >= 15 is 0 Å². The van der Waals surface area contributed by atoms with E-state index < -0.39 is 0 Å². The Kier molecular flexibility index (Phi) is 4.40. The molecule has 0 saturated heterocycles. The van der Waals surface area contributed by atoms with Gasteiger partial charge >= 0.3 is 0 Å². The average molecular weight is 424 g/mol. The van der Waals surface area contributed by atoms with Crippen LogP contribution in [0.25, 0.3) is 21.5 Å². The highest BCUT2D eigenvalue weighted by atomic mass is 32.1. The molecule has 8 nitrogen and oxygen atoms in total. The van der Waals surface area contributed by atoms with Crippen molar-refractivity contribution in [2.75, 3.05) is 12.1 Å². The Hall–Kier alpha value is -3.79. The molecule has 0 unspecified atom stereocenters. The fourth-order valence-electron chi connectivity index (χ4n) is 3.10. The van der Waals surface area contributed by atoms with Gasteiger partial charge in [0.25, 0.3) is 5.56 Å². The number of nitrogens with one attached hydrogen (secondary N) is 1.